The maximum Gasteiger partial charge on any atom is 0.217 e. The van der Waals surface area contributed by atoms with Gasteiger partial charge in [-0.2, -0.15) is 0 Å². The number of pyridine rings is 1. The number of halogens is 1. The number of hydrogen-bond donors (Lipinski definition) is 0. The van der Waals surface area contributed by atoms with Crippen LogP contribution in [0.15, 0.2) is 30.5 Å². The van der Waals surface area contributed by atoms with Crippen LogP contribution in [0.1, 0.15) is 18.9 Å². The van der Waals surface area contributed by atoms with Gasteiger partial charge in [-0.25, -0.2) is 4.98 Å². The molecule has 0 bridgehead atoms. The van der Waals surface area contributed by atoms with Crippen LogP contribution in [0.5, 0.6) is 5.88 Å². The molecule has 0 fully saturated rings. The average molecular weight is 212 g/mol. The van der Waals surface area contributed by atoms with Crippen LogP contribution >= 0.6 is 11.6 Å². The van der Waals surface area contributed by atoms with Crippen LogP contribution in [0.2, 0.25) is 0 Å². The first-order valence-electron chi connectivity index (χ1n) is 4.51. The monoisotopic (exact) mass is 211 g/mol. The minimum absolute atomic E-state index is 0.427. The molecule has 0 N–H and O–H groups in total. The highest BCUT2D eigenvalue weighted by molar-refractivity contribution is 6.17. The summed E-state index contributed by atoms with van der Waals surface area (Å²) in [5, 5.41) is 0. The highest BCUT2D eigenvalue weighted by Crippen LogP contribution is 2.16. The number of ether oxygens (including phenoxy) is 1. The lowest BCUT2D eigenvalue weighted by molar-refractivity contribution is 0.307. The van der Waals surface area contributed by atoms with Gasteiger partial charge in [-0.05, 0) is 13.0 Å². The Kier molecular flexibility index (Phi) is 4.47. The lowest BCUT2D eigenvalue weighted by atomic mass is 10.2. The molecule has 14 heavy (non-hydrogen) atoms. The number of alkyl halides is 1. The zero-order valence-electron chi connectivity index (χ0n) is 8.29. The second kappa shape index (κ2) is 5.66. The fraction of sp³-hybridized carbons (Fsp3) is 0.364. The maximum absolute atomic E-state index is 5.74. The van der Waals surface area contributed by atoms with Crippen molar-refractivity contribution in [3.8, 4) is 5.88 Å². The Morgan fingerprint density at radius 1 is 1.64 bits per heavy atom. The van der Waals surface area contributed by atoms with Crippen molar-refractivity contribution >= 4 is 11.6 Å². The normalized spacial score (nSPS) is 9.86. The standard InChI is InChI=1S/C11H14ClNO/c1-9(2)5-7-14-11-10(8-12)4-3-6-13-11/h3-4,6H,1,5,7-8H2,2H3. The second-order valence-corrected chi connectivity index (χ2v) is 3.42. The van der Waals surface area contributed by atoms with Crippen molar-refractivity contribution in [2.75, 3.05) is 6.61 Å². The van der Waals surface area contributed by atoms with Crippen LogP contribution in [-0.4, -0.2) is 11.6 Å². The summed E-state index contributed by atoms with van der Waals surface area (Å²) in [5.41, 5.74) is 2.03. The van der Waals surface area contributed by atoms with Gasteiger partial charge in [0.15, 0.2) is 0 Å². The zero-order chi connectivity index (χ0) is 10.4. The summed E-state index contributed by atoms with van der Waals surface area (Å²) in [5.74, 6) is 1.06. The van der Waals surface area contributed by atoms with Crippen LogP contribution in [-0.2, 0) is 5.88 Å². The van der Waals surface area contributed by atoms with Crippen LogP contribution in [0.4, 0.5) is 0 Å². The third-order valence-corrected chi connectivity index (χ3v) is 2.05. The third kappa shape index (κ3) is 3.38. The fourth-order valence-electron chi connectivity index (χ4n) is 0.978. The first-order valence-corrected chi connectivity index (χ1v) is 5.04. The van der Waals surface area contributed by atoms with Gasteiger partial charge in [-0.1, -0.05) is 11.6 Å². The Bertz CT molecular complexity index is 312. The summed E-state index contributed by atoms with van der Waals surface area (Å²) in [4.78, 5) is 4.11. The van der Waals surface area contributed by atoms with Crippen molar-refractivity contribution < 1.29 is 4.74 Å². The smallest absolute Gasteiger partial charge is 0.217 e. The van der Waals surface area contributed by atoms with Gasteiger partial charge in [-0.3, -0.25) is 0 Å². The molecular formula is C11H14ClNO. The van der Waals surface area contributed by atoms with Crippen LogP contribution < -0.4 is 4.74 Å². The lowest BCUT2D eigenvalue weighted by Crippen LogP contribution is -2.01. The van der Waals surface area contributed by atoms with Gasteiger partial charge < -0.3 is 4.74 Å². The van der Waals surface area contributed by atoms with E-state index in [1.165, 1.54) is 0 Å². The van der Waals surface area contributed by atoms with E-state index in [1.54, 1.807) is 6.20 Å². The van der Waals surface area contributed by atoms with E-state index in [4.69, 9.17) is 16.3 Å². The molecule has 1 aromatic heterocycles. The molecule has 0 amide bonds. The predicted octanol–water partition coefficient (Wildman–Crippen LogP) is 3.17. The first-order chi connectivity index (χ1) is 6.74. The van der Waals surface area contributed by atoms with Gasteiger partial charge in [-0.15, -0.1) is 18.2 Å². The minimum Gasteiger partial charge on any atom is -0.477 e. The van der Waals surface area contributed by atoms with Gasteiger partial charge in [0.05, 0.1) is 12.5 Å². The van der Waals surface area contributed by atoms with Crippen LogP contribution in [0.25, 0.3) is 0 Å². The van der Waals surface area contributed by atoms with Gasteiger partial charge in [0.1, 0.15) is 0 Å². The molecule has 0 aliphatic carbocycles. The third-order valence-electron chi connectivity index (χ3n) is 1.76. The molecule has 0 aliphatic rings. The quantitative estimate of drug-likeness (QED) is 0.551. The Balaban J connectivity index is 2.53. The van der Waals surface area contributed by atoms with Crippen molar-refractivity contribution in [3.05, 3.63) is 36.0 Å². The predicted molar refractivity (Wildman–Crippen MR) is 58.7 cm³/mol. The van der Waals surface area contributed by atoms with Crippen molar-refractivity contribution in [1.82, 2.24) is 4.98 Å². The fourth-order valence-corrected chi connectivity index (χ4v) is 1.18. The van der Waals surface area contributed by atoms with Gasteiger partial charge >= 0.3 is 0 Å². The Morgan fingerprint density at radius 3 is 3.07 bits per heavy atom. The summed E-state index contributed by atoms with van der Waals surface area (Å²) in [6.07, 6.45) is 2.55. The van der Waals surface area contributed by atoms with E-state index < -0.39 is 0 Å². The lowest BCUT2D eigenvalue weighted by Gasteiger charge is -2.07. The topological polar surface area (TPSA) is 22.1 Å². The minimum atomic E-state index is 0.427. The molecule has 0 radical (unpaired) electrons. The Hall–Kier alpha value is -1.02. The summed E-state index contributed by atoms with van der Waals surface area (Å²) >= 11 is 5.74. The molecule has 0 aliphatic heterocycles. The SMILES string of the molecule is C=C(C)CCOc1ncccc1CCl. The van der Waals surface area contributed by atoms with E-state index in [2.05, 4.69) is 11.6 Å². The van der Waals surface area contributed by atoms with Gasteiger partial charge in [0, 0.05) is 18.2 Å². The molecule has 0 unspecified atom stereocenters. The maximum atomic E-state index is 5.74. The van der Waals surface area contributed by atoms with Crippen molar-refractivity contribution in [3.63, 3.8) is 0 Å². The van der Waals surface area contributed by atoms with E-state index in [1.807, 2.05) is 19.1 Å². The summed E-state index contributed by atoms with van der Waals surface area (Å²) in [6.45, 7) is 6.39. The molecule has 1 rings (SSSR count). The van der Waals surface area contributed by atoms with E-state index in [9.17, 15) is 0 Å². The van der Waals surface area contributed by atoms with E-state index in [-0.39, 0.29) is 0 Å². The molecule has 2 nitrogen and oxygen atoms in total. The molecule has 76 valence electrons. The van der Waals surface area contributed by atoms with Crippen molar-refractivity contribution in [2.45, 2.75) is 19.2 Å². The van der Waals surface area contributed by atoms with Gasteiger partial charge in [0.25, 0.3) is 0 Å². The summed E-state index contributed by atoms with van der Waals surface area (Å²) < 4.78 is 5.48. The first kappa shape index (κ1) is 11.1. The van der Waals surface area contributed by atoms with Crippen LogP contribution in [0, 0.1) is 0 Å². The van der Waals surface area contributed by atoms with E-state index >= 15 is 0 Å². The van der Waals surface area contributed by atoms with Crippen LogP contribution in [0.3, 0.4) is 0 Å². The largest absolute Gasteiger partial charge is 0.477 e. The van der Waals surface area contributed by atoms with Crippen molar-refractivity contribution in [1.29, 1.82) is 0 Å². The summed E-state index contributed by atoms with van der Waals surface area (Å²) in [6, 6.07) is 3.76. The van der Waals surface area contributed by atoms with E-state index in [0.29, 0.717) is 18.4 Å². The second-order valence-electron chi connectivity index (χ2n) is 3.16. The van der Waals surface area contributed by atoms with Crippen molar-refractivity contribution in [2.24, 2.45) is 0 Å². The Labute approximate surface area is 89.6 Å². The molecule has 0 spiro atoms. The number of rotatable bonds is 5. The molecule has 0 atom stereocenters. The molecule has 0 aromatic carbocycles. The molecule has 3 heteroatoms. The molecule has 1 aromatic rings. The average Bonchev–Trinajstić information content (AvgIpc) is 2.18. The number of nitrogens with zero attached hydrogens (tertiary/aromatic N) is 1. The highest BCUT2D eigenvalue weighted by atomic mass is 35.5. The highest BCUT2D eigenvalue weighted by Gasteiger charge is 2.02. The molecule has 1 heterocycles. The number of hydrogen-bond acceptors (Lipinski definition) is 2. The molecule has 0 saturated heterocycles. The number of aromatic nitrogens is 1. The molecular weight excluding hydrogens is 198 g/mol. The summed E-state index contributed by atoms with van der Waals surface area (Å²) in [7, 11) is 0. The molecule has 0 saturated carbocycles. The zero-order valence-corrected chi connectivity index (χ0v) is 9.05. The Morgan fingerprint density at radius 2 is 2.43 bits per heavy atom. The van der Waals surface area contributed by atoms with Gasteiger partial charge in [0.2, 0.25) is 5.88 Å². The van der Waals surface area contributed by atoms with E-state index in [0.717, 1.165) is 17.6 Å².